The molecule has 0 radical (unpaired) electrons. The summed E-state index contributed by atoms with van der Waals surface area (Å²) in [6, 6.07) is 0.581. The van der Waals surface area contributed by atoms with E-state index in [1.807, 2.05) is 0 Å². The number of alkyl halides is 1. The maximum atomic E-state index is 4.70. The van der Waals surface area contributed by atoms with Crippen LogP contribution in [0.15, 0.2) is 5.38 Å². The first-order valence-corrected chi connectivity index (χ1v) is 8.49. The summed E-state index contributed by atoms with van der Waals surface area (Å²) in [6.45, 7) is 12.0. The first kappa shape index (κ1) is 15.4. The van der Waals surface area contributed by atoms with Gasteiger partial charge in [0.15, 0.2) is 0 Å². The third-order valence-corrected chi connectivity index (χ3v) is 4.60. The summed E-state index contributed by atoms with van der Waals surface area (Å²) in [5.41, 5.74) is 1.37. The second kappa shape index (κ2) is 6.48. The van der Waals surface area contributed by atoms with Gasteiger partial charge in [-0.2, -0.15) is 0 Å². The summed E-state index contributed by atoms with van der Waals surface area (Å²) in [5.74, 6) is 0.675. The molecule has 1 heterocycles. The molecule has 0 bridgehead atoms. The molecule has 0 saturated carbocycles. The summed E-state index contributed by atoms with van der Waals surface area (Å²) in [6.07, 6.45) is 0. The fourth-order valence-electron chi connectivity index (χ4n) is 1.42. The lowest BCUT2D eigenvalue weighted by molar-refractivity contribution is 0.435. The van der Waals surface area contributed by atoms with Crippen LogP contribution in [-0.2, 0) is 12.0 Å². The molecule has 0 aliphatic heterocycles. The highest BCUT2D eigenvalue weighted by Crippen LogP contribution is 2.23. The Labute approximate surface area is 123 Å². The highest BCUT2D eigenvalue weighted by molar-refractivity contribution is 14.1. The second-order valence-corrected chi connectivity index (χ2v) is 7.59. The number of nitrogens with one attached hydrogen (secondary N) is 1. The van der Waals surface area contributed by atoms with Crippen LogP contribution in [-0.4, -0.2) is 15.5 Å². The summed E-state index contributed by atoms with van der Waals surface area (Å²) < 4.78 is 1.15. The molecule has 0 aliphatic carbocycles. The average molecular weight is 366 g/mol. The smallest absolute Gasteiger partial charge is 0.107 e. The molecule has 0 spiro atoms. The van der Waals surface area contributed by atoms with Crippen LogP contribution in [0.5, 0.6) is 0 Å². The molecule has 1 unspecified atom stereocenters. The van der Waals surface area contributed by atoms with Crippen LogP contribution >= 0.6 is 33.9 Å². The number of thiazole rings is 1. The summed E-state index contributed by atoms with van der Waals surface area (Å²) in [4.78, 5) is 4.70. The third-order valence-electron chi connectivity index (χ3n) is 2.81. The van der Waals surface area contributed by atoms with Crippen LogP contribution in [0.3, 0.4) is 0 Å². The Morgan fingerprint density at radius 3 is 2.47 bits per heavy atom. The lowest BCUT2D eigenvalue weighted by atomic mass is 9.93. The molecular weight excluding hydrogens is 343 g/mol. The highest BCUT2D eigenvalue weighted by atomic mass is 127. The zero-order valence-electron chi connectivity index (χ0n) is 11.4. The molecule has 0 amide bonds. The van der Waals surface area contributed by atoms with Gasteiger partial charge in [-0.1, -0.05) is 57.2 Å². The SMILES string of the molecule is CC(C)C(CI)NCc1nc(C(C)(C)C)cs1. The van der Waals surface area contributed by atoms with Crippen LogP contribution < -0.4 is 5.32 Å². The van der Waals surface area contributed by atoms with Crippen LogP contribution in [0.2, 0.25) is 0 Å². The minimum absolute atomic E-state index is 0.162. The largest absolute Gasteiger partial charge is 0.307 e. The zero-order valence-corrected chi connectivity index (χ0v) is 14.4. The van der Waals surface area contributed by atoms with Crippen molar-refractivity contribution in [2.45, 2.75) is 52.6 Å². The normalized spacial score (nSPS) is 14.3. The van der Waals surface area contributed by atoms with E-state index in [4.69, 9.17) is 4.98 Å². The Morgan fingerprint density at radius 1 is 1.41 bits per heavy atom. The van der Waals surface area contributed by atoms with E-state index in [1.165, 1.54) is 10.7 Å². The van der Waals surface area contributed by atoms with Gasteiger partial charge in [-0.05, 0) is 5.92 Å². The Balaban J connectivity index is 2.56. The van der Waals surface area contributed by atoms with E-state index in [2.05, 4.69) is 67.9 Å². The predicted octanol–water partition coefficient (Wildman–Crippen LogP) is 3.99. The van der Waals surface area contributed by atoms with Crippen molar-refractivity contribution in [2.24, 2.45) is 5.92 Å². The van der Waals surface area contributed by atoms with Crippen LogP contribution in [0.4, 0.5) is 0 Å². The first-order valence-electron chi connectivity index (χ1n) is 6.09. The van der Waals surface area contributed by atoms with E-state index >= 15 is 0 Å². The number of nitrogens with zero attached hydrogens (tertiary/aromatic N) is 1. The van der Waals surface area contributed by atoms with Gasteiger partial charge in [0.1, 0.15) is 5.01 Å². The van der Waals surface area contributed by atoms with E-state index in [1.54, 1.807) is 11.3 Å². The van der Waals surface area contributed by atoms with Gasteiger partial charge in [-0.15, -0.1) is 11.3 Å². The van der Waals surface area contributed by atoms with E-state index in [9.17, 15) is 0 Å². The van der Waals surface area contributed by atoms with Crippen molar-refractivity contribution in [2.75, 3.05) is 4.43 Å². The molecule has 1 aromatic heterocycles. The zero-order chi connectivity index (χ0) is 13.1. The van der Waals surface area contributed by atoms with Gasteiger partial charge < -0.3 is 5.32 Å². The Bertz CT molecular complexity index is 341. The number of aromatic nitrogens is 1. The molecule has 2 nitrogen and oxygen atoms in total. The van der Waals surface area contributed by atoms with Gasteiger partial charge in [-0.3, -0.25) is 0 Å². The number of hydrogen-bond donors (Lipinski definition) is 1. The van der Waals surface area contributed by atoms with E-state index in [-0.39, 0.29) is 5.41 Å². The van der Waals surface area contributed by atoms with Crippen molar-refractivity contribution in [1.82, 2.24) is 10.3 Å². The average Bonchev–Trinajstić information content (AvgIpc) is 2.66. The third kappa shape index (κ3) is 4.83. The topological polar surface area (TPSA) is 24.9 Å². The van der Waals surface area contributed by atoms with Crippen molar-refractivity contribution in [1.29, 1.82) is 0 Å². The van der Waals surface area contributed by atoms with Crippen molar-refractivity contribution in [3.8, 4) is 0 Å². The minimum Gasteiger partial charge on any atom is -0.307 e. The Kier molecular flexibility index (Phi) is 5.86. The van der Waals surface area contributed by atoms with Crippen molar-refractivity contribution >= 4 is 33.9 Å². The molecule has 1 atom stereocenters. The molecule has 1 N–H and O–H groups in total. The lowest BCUT2D eigenvalue weighted by Crippen LogP contribution is -2.34. The molecule has 1 rings (SSSR count). The molecule has 0 aromatic carbocycles. The van der Waals surface area contributed by atoms with Gasteiger partial charge in [0.2, 0.25) is 0 Å². The van der Waals surface area contributed by atoms with Gasteiger partial charge in [0.25, 0.3) is 0 Å². The Morgan fingerprint density at radius 2 is 2.06 bits per heavy atom. The molecule has 0 aliphatic rings. The van der Waals surface area contributed by atoms with Crippen molar-refractivity contribution in [3.63, 3.8) is 0 Å². The van der Waals surface area contributed by atoms with Gasteiger partial charge >= 0.3 is 0 Å². The van der Waals surface area contributed by atoms with Crippen LogP contribution in [0, 0.1) is 5.92 Å². The molecule has 4 heteroatoms. The van der Waals surface area contributed by atoms with Gasteiger partial charge in [0.05, 0.1) is 5.69 Å². The van der Waals surface area contributed by atoms with E-state index < -0.39 is 0 Å². The van der Waals surface area contributed by atoms with Crippen molar-refractivity contribution < 1.29 is 0 Å². The molecule has 0 fully saturated rings. The maximum absolute atomic E-state index is 4.70. The Hall–Kier alpha value is 0.320. The monoisotopic (exact) mass is 366 g/mol. The van der Waals surface area contributed by atoms with E-state index in [0.717, 1.165) is 11.0 Å². The highest BCUT2D eigenvalue weighted by Gasteiger charge is 2.18. The van der Waals surface area contributed by atoms with Crippen molar-refractivity contribution in [3.05, 3.63) is 16.1 Å². The minimum atomic E-state index is 0.162. The summed E-state index contributed by atoms with van der Waals surface area (Å²) in [7, 11) is 0. The molecule has 1 aromatic rings. The number of hydrogen-bond acceptors (Lipinski definition) is 3. The van der Waals surface area contributed by atoms with Gasteiger partial charge in [-0.25, -0.2) is 4.98 Å². The molecule has 0 saturated heterocycles. The summed E-state index contributed by atoms with van der Waals surface area (Å²) >= 11 is 4.21. The lowest BCUT2D eigenvalue weighted by Gasteiger charge is -2.19. The molecule has 17 heavy (non-hydrogen) atoms. The van der Waals surface area contributed by atoms with Crippen LogP contribution in [0.25, 0.3) is 0 Å². The summed E-state index contributed by atoms with van der Waals surface area (Å²) in [5, 5.41) is 6.98. The molecule has 98 valence electrons. The number of rotatable bonds is 5. The van der Waals surface area contributed by atoms with Gasteiger partial charge in [0, 0.05) is 27.8 Å². The first-order chi connectivity index (χ1) is 7.84. The fourth-order valence-corrected chi connectivity index (χ4v) is 3.72. The van der Waals surface area contributed by atoms with E-state index in [0.29, 0.717) is 12.0 Å². The maximum Gasteiger partial charge on any atom is 0.107 e. The standard InChI is InChI=1S/C13H23IN2S/c1-9(2)10(6-14)15-7-12-16-11(8-17-12)13(3,4)5/h8-10,15H,6-7H2,1-5H3. The van der Waals surface area contributed by atoms with Crippen LogP contribution in [0.1, 0.15) is 45.3 Å². The fraction of sp³-hybridized carbons (Fsp3) is 0.769. The number of halogens is 1. The predicted molar refractivity (Wildman–Crippen MR) is 85.2 cm³/mol. The quantitative estimate of drug-likeness (QED) is 0.630. The molecular formula is C13H23IN2S. The second-order valence-electron chi connectivity index (χ2n) is 5.76.